The lowest BCUT2D eigenvalue weighted by Gasteiger charge is -2.35. The first-order valence-electron chi connectivity index (χ1n) is 11.1. The minimum atomic E-state index is -0.0184. The van der Waals surface area contributed by atoms with Crippen LogP contribution in [0.25, 0.3) is 0 Å². The molecule has 158 valence electrons. The molecule has 3 fully saturated rings. The first kappa shape index (κ1) is 20.3. The topological polar surface area (TPSA) is 75.6 Å². The monoisotopic (exact) mass is 400 g/mol. The average molecular weight is 401 g/mol. The molecule has 2 saturated heterocycles. The minimum Gasteiger partial charge on any atom is -0.378 e. The van der Waals surface area contributed by atoms with Gasteiger partial charge < -0.3 is 14.5 Å². The maximum atomic E-state index is 12.9. The first-order chi connectivity index (χ1) is 14.1. The second kappa shape index (κ2) is 9.20. The third kappa shape index (κ3) is 4.60. The van der Waals surface area contributed by atoms with Gasteiger partial charge in [-0.1, -0.05) is 19.3 Å². The zero-order chi connectivity index (χ0) is 20.2. The summed E-state index contributed by atoms with van der Waals surface area (Å²) in [6.07, 6.45) is 9.34. The van der Waals surface area contributed by atoms with Crippen molar-refractivity contribution in [1.29, 1.82) is 0 Å². The highest BCUT2D eigenvalue weighted by atomic mass is 16.5. The molecule has 1 aliphatic carbocycles. The lowest BCUT2D eigenvalue weighted by atomic mass is 9.87. The maximum absolute atomic E-state index is 12.9. The number of rotatable bonds is 3. The summed E-state index contributed by atoms with van der Waals surface area (Å²) in [6.45, 7) is 5.81. The van der Waals surface area contributed by atoms with Crippen LogP contribution in [0.5, 0.6) is 0 Å². The maximum Gasteiger partial charge on any atom is 0.257 e. The van der Waals surface area contributed by atoms with E-state index in [0.29, 0.717) is 44.3 Å². The Balaban J connectivity index is 1.43. The van der Waals surface area contributed by atoms with Crippen LogP contribution in [0, 0.1) is 12.8 Å². The Kier molecular flexibility index (Phi) is 6.43. The summed E-state index contributed by atoms with van der Waals surface area (Å²) in [4.78, 5) is 38.8. The number of aromatic nitrogens is 2. The number of morpholine rings is 1. The molecule has 4 rings (SSSR count). The molecule has 2 amide bonds. The van der Waals surface area contributed by atoms with Crippen molar-refractivity contribution in [1.82, 2.24) is 19.8 Å². The minimum absolute atomic E-state index is 0.0184. The van der Waals surface area contributed by atoms with Crippen molar-refractivity contribution in [3.63, 3.8) is 0 Å². The van der Waals surface area contributed by atoms with Crippen LogP contribution in [0.4, 0.5) is 0 Å². The highest BCUT2D eigenvalue weighted by Gasteiger charge is 2.31. The van der Waals surface area contributed by atoms with Crippen LogP contribution in [-0.4, -0.2) is 71.0 Å². The van der Waals surface area contributed by atoms with E-state index in [-0.39, 0.29) is 17.7 Å². The number of hydrogen-bond acceptors (Lipinski definition) is 5. The van der Waals surface area contributed by atoms with Crippen molar-refractivity contribution in [3.8, 4) is 0 Å². The van der Waals surface area contributed by atoms with Gasteiger partial charge in [-0.05, 0) is 32.6 Å². The fraction of sp³-hybridized carbons (Fsp3) is 0.727. The van der Waals surface area contributed by atoms with Crippen LogP contribution < -0.4 is 0 Å². The van der Waals surface area contributed by atoms with Crippen LogP contribution in [0.1, 0.15) is 72.7 Å². The normalized spacial score (nSPS) is 23.8. The van der Waals surface area contributed by atoms with E-state index in [1.54, 1.807) is 11.1 Å². The van der Waals surface area contributed by atoms with Gasteiger partial charge in [-0.25, -0.2) is 9.97 Å². The van der Waals surface area contributed by atoms with Gasteiger partial charge in [0.2, 0.25) is 5.91 Å². The van der Waals surface area contributed by atoms with Crippen molar-refractivity contribution in [2.45, 2.75) is 57.8 Å². The second-order valence-electron chi connectivity index (χ2n) is 8.59. The number of nitrogens with zero attached hydrogens (tertiary/aromatic N) is 4. The van der Waals surface area contributed by atoms with Gasteiger partial charge >= 0.3 is 0 Å². The predicted molar refractivity (Wildman–Crippen MR) is 109 cm³/mol. The molecule has 0 N–H and O–H groups in total. The van der Waals surface area contributed by atoms with E-state index in [4.69, 9.17) is 9.72 Å². The number of amides is 2. The summed E-state index contributed by atoms with van der Waals surface area (Å²) in [5.41, 5.74) is 1.30. The molecule has 3 heterocycles. The average Bonchev–Trinajstić information content (AvgIpc) is 2.79. The zero-order valence-electron chi connectivity index (χ0n) is 17.4. The van der Waals surface area contributed by atoms with E-state index < -0.39 is 0 Å². The van der Waals surface area contributed by atoms with Crippen LogP contribution in [0.2, 0.25) is 0 Å². The fourth-order valence-corrected chi connectivity index (χ4v) is 4.82. The number of piperidine rings is 1. The smallest absolute Gasteiger partial charge is 0.257 e. The van der Waals surface area contributed by atoms with Gasteiger partial charge in [-0.15, -0.1) is 0 Å². The number of ether oxygens (including phenoxy) is 1. The first-order valence-corrected chi connectivity index (χ1v) is 11.1. The summed E-state index contributed by atoms with van der Waals surface area (Å²) in [7, 11) is 0. The quantitative estimate of drug-likeness (QED) is 0.779. The van der Waals surface area contributed by atoms with Gasteiger partial charge in [0.15, 0.2) is 0 Å². The standard InChI is InChI=1S/C22H32N4O3/c1-16-19(22(28)25-10-12-29-13-11-25)14-23-20(24-16)18-8-5-9-26(15-18)21(27)17-6-3-2-4-7-17/h14,17-18H,2-13,15H2,1H3/t18-/m1/s1. The molecule has 29 heavy (non-hydrogen) atoms. The Labute approximate surface area is 172 Å². The molecule has 2 aliphatic heterocycles. The summed E-state index contributed by atoms with van der Waals surface area (Å²) in [5, 5.41) is 0. The fourth-order valence-electron chi connectivity index (χ4n) is 4.82. The van der Waals surface area contributed by atoms with Gasteiger partial charge in [-0.3, -0.25) is 9.59 Å². The van der Waals surface area contributed by atoms with Gasteiger partial charge in [0.1, 0.15) is 5.82 Å². The van der Waals surface area contributed by atoms with Gasteiger partial charge in [0, 0.05) is 44.2 Å². The van der Waals surface area contributed by atoms with Crippen molar-refractivity contribution in [2.24, 2.45) is 5.92 Å². The molecule has 7 heteroatoms. The Bertz CT molecular complexity index is 742. The van der Waals surface area contributed by atoms with E-state index in [0.717, 1.165) is 43.7 Å². The van der Waals surface area contributed by atoms with Crippen molar-refractivity contribution in [3.05, 3.63) is 23.3 Å². The molecule has 0 radical (unpaired) electrons. The van der Waals surface area contributed by atoms with Crippen molar-refractivity contribution in [2.75, 3.05) is 39.4 Å². The van der Waals surface area contributed by atoms with Crippen LogP contribution in [-0.2, 0) is 9.53 Å². The highest BCUT2D eigenvalue weighted by molar-refractivity contribution is 5.95. The lowest BCUT2D eigenvalue weighted by Crippen LogP contribution is -2.43. The van der Waals surface area contributed by atoms with Gasteiger partial charge in [0.25, 0.3) is 5.91 Å². The molecule has 0 unspecified atom stereocenters. The molecule has 0 spiro atoms. The molecule has 1 aromatic heterocycles. The van der Waals surface area contributed by atoms with E-state index in [1.807, 2.05) is 11.8 Å². The predicted octanol–water partition coefficient (Wildman–Crippen LogP) is 2.54. The van der Waals surface area contributed by atoms with Gasteiger partial charge in [0.05, 0.1) is 24.5 Å². The SMILES string of the molecule is Cc1nc([C@@H]2CCCN(C(=O)C3CCCCC3)C2)ncc1C(=O)N1CCOCC1. The molecular weight excluding hydrogens is 368 g/mol. The van der Waals surface area contributed by atoms with Crippen molar-refractivity contribution >= 4 is 11.8 Å². The Morgan fingerprint density at radius 1 is 1.00 bits per heavy atom. The van der Waals surface area contributed by atoms with E-state index in [9.17, 15) is 9.59 Å². The third-order valence-corrected chi connectivity index (χ3v) is 6.58. The summed E-state index contributed by atoms with van der Waals surface area (Å²) in [5.74, 6) is 1.43. The number of likely N-dealkylation sites (tertiary alicyclic amines) is 1. The molecule has 7 nitrogen and oxygen atoms in total. The summed E-state index contributed by atoms with van der Waals surface area (Å²) < 4.78 is 5.33. The Morgan fingerprint density at radius 2 is 1.76 bits per heavy atom. The van der Waals surface area contributed by atoms with E-state index in [1.165, 1.54) is 19.3 Å². The Morgan fingerprint density at radius 3 is 2.48 bits per heavy atom. The summed E-state index contributed by atoms with van der Waals surface area (Å²) >= 11 is 0. The third-order valence-electron chi connectivity index (χ3n) is 6.58. The number of carbonyl (C=O) groups is 2. The number of aryl methyl sites for hydroxylation is 1. The van der Waals surface area contributed by atoms with Gasteiger partial charge in [-0.2, -0.15) is 0 Å². The zero-order valence-corrected chi connectivity index (χ0v) is 17.4. The van der Waals surface area contributed by atoms with Crippen LogP contribution in [0.15, 0.2) is 6.20 Å². The molecule has 0 bridgehead atoms. The summed E-state index contributed by atoms with van der Waals surface area (Å²) in [6, 6.07) is 0. The highest BCUT2D eigenvalue weighted by Crippen LogP contribution is 2.30. The number of hydrogen-bond donors (Lipinski definition) is 0. The molecular formula is C22H32N4O3. The van der Waals surface area contributed by atoms with E-state index in [2.05, 4.69) is 4.98 Å². The largest absolute Gasteiger partial charge is 0.378 e. The molecule has 1 saturated carbocycles. The van der Waals surface area contributed by atoms with E-state index >= 15 is 0 Å². The number of carbonyl (C=O) groups excluding carboxylic acids is 2. The van der Waals surface area contributed by atoms with Crippen LogP contribution in [0.3, 0.4) is 0 Å². The molecule has 0 aromatic carbocycles. The van der Waals surface area contributed by atoms with Crippen molar-refractivity contribution < 1.29 is 14.3 Å². The van der Waals surface area contributed by atoms with Crippen LogP contribution >= 0.6 is 0 Å². The molecule has 1 atom stereocenters. The lowest BCUT2D eigenvalue weighted by molar-refractivity contribution is -0.137. The Hall–Kier alpha value is -2.02. The molecule has 1 aromatic rings. The second-order valence-corrected chi connectivity index (χ2v) is 8.59. The molecule has 3 aliphatic rings.